The van der Waals surface area contributed by atoms with Crippen molar-refractivity contribution < 1.29 is 4.74 Å². The largest absolute Gasteiger partial charge is 0.374 e. The molecule has 1 unspecified atom stereocenters. The molecule has 1 aliphatic carbocycles. The summed E-state index contributed by atoms with van der Waals surface area (Å²) in [5.41, 5.74) is 0.0333. The molecular weight excluding hydrogens is 346 g/mol. The average molecular weight is 374 g/mol. The second kappa shape index (κ2) is 8.66. The monoisotopic (exact) mass is 373 g/mol. The number of hydrogen-bond acceptors (Lipinski definition) is 3. The highest BCUT2D eigenvalue weighted by atomic mass is 79.9. The molecule has 0 saturated heterocycles. The van der Waals surface area contributed by atoms with Crippen LogP contribution in [0.5, 0.6) is 0 Å². The smallest absolute Gasteiger partial charge is 0.0838 e. The molecule has 0 aliphatic heterocycles. The summed E-state index contributed by atoms with van der Waals surface area (Å²) in [7, 11) is 0. The van der Waals surface area contributed by atoms with Crippen molar-refractivity contribution in [3.63, 3.8) is 0 Å². The molecule has 4 heteroatoms. The summed E-state index contributed by atoms with van der Waals surface area (Å²) < 4.78 is 7.59. The number of thiophene rings is 1. The van der Waals surface area contributed by atoms with Gasteiger partial charge in [0.1, 0.15) is 0 Å². The van der Waals surface area contributed by atoms with Gasteiger partial charge in [0.05, 0.1) is 5.60 Å². The lowest BCUT2D eigenvalue weighted by Crippen LogP contribution is -2.55. The van der Waals surface area contributed by atoms with E-state index in [1.807, 2.05) is 11.3 Å². The van der Waals surface area contributed by atoms with Gasteiger partial charge in [-0.15, -0.1) is 11.3 Å². The maximum Gasteiger partial charge on any atom is 0.0838 e. The summed E-state index contributed by atoms with van der Waals surface area (Å²) in [6.45, 7) is 6.26. The van der Waals surface area contributed by atoms with Gasteiger partial charge in [-0.3, -0.25) is 0 Å². The lowest BCUT2D eigenvalue weighted by atomic mass is 9.77. The summed E-state index contributed by atoms with van der Waals surface area (Å²) in [6, 6.07) is 2.58. The van der Waals surface area contributed by atoms with E-state index in [1.54, 1.807) is 0 Å². The van der Waals surface area contributed by atoms with Crippen LogP contribution in [0.3, 0.4) is 0 Å². The third-order valence-electron chi connectivity index (χ3n) is 4.49. The molecule has 120 valence electrons. The predicted octanol–water partition coefficient (Wildman–Crippen LogP) is 5.16. The lowest BCUT2D eigenvalue weighted by molar-refractivity contribution is -0.0895. The van der Waals surface area contributed by atoms with E-state index in [2.05, 4.69) is 46.5 Å². The van der Waals surface area contributed by atoms with E-state index in [9.17, 15) is 0 Å². The molecule has 21 heavy (non-hydrogen) atoms. The maximum absolute atomic E-state index is 6.35. The average Bonchev–Trinajstić information content (AvgIpc) is 2.90. The molecule has 1 aromatic heterocycles. The van der Waals surface area contributed by atoms with Gasteiger partial charge in [-0.1, -0.05) is 26.2 Å². The van der Waals surface area contributed by atoms with Gasteiger partial charge in [0.15, 0.2) is 0 Å². The molecule has 1 heterocycles. The van der Waals surface area contributed by atoms with Crippen molar-refractivity contribution in [3.05, 3.63) is 20.8 Å². The Hall–Kier alpha value is 0.1000. The van der Waals surface area contributed by atoms with Gasteiger partial charge in [0.2, 0.25) is 0 Å². The fraction of sp³-hybridized carbons (Fsp3) is 0.765. The second-order valence-electron chi connectivity index (χ2n) is 5.96. The molecular formula is C17H28BrNOS. The molecule has 0 aromatic carbocycles. The molecule has 1 N–H and O–H groups in total. The van der Waals surface area contributed by atoms with Gasteiger partial charge in [0, 0.05) is 28.4 Å². The van der Waals surface area contributed by atoms with Gasteiger partial charge >= 0.3 is 0 Å². The lowest BCUT2D eigenvalue weighted by Gasteiger charge is -2.44. The Morgan fingerprint density at radius 3 is 2.67 bits per heavy atom. The molecule has 0 radical (unpaired) electrons. The number of halogens is 1. The highest BCUT2D eigenvalue weighted by Gasteiger charge is 2.40. The Kier molecular flexibility index (Phi) is 7.20. The standard InChI is InChI=1S/C17H28BrNOS/c1-3-11-19-16(13-15-14(18)8-12-21-15)17(20-4-2)9-6-5-7-10-17/h8,12,16,19H,3-7,9-11,13H2,1-2H3. The topological polar surface area (TPSA) is 21.3 Å². The third-order valence-corrected chi connectivity index (χ3v) is 6.44. The summed E-state index contributed by atoms with van der Waals surface area (Å²) >= 11 is 5.54. The highest BCUT2D eigenvalue weighted by molar-refractivity contribution is 9.10. The Morgan fingerprint density at radius 1 is 1.33 bits per heavy atom. The van der Waals surface area contributed by atoms with Crippen LogP contribution in [0.4, 0.5) is 0 Å². The minimum absolute atomic E-state index is 0.0333. The van der Waals surface area contributed by atoms with Crippen molar-refractivity contribution in [2.75, 3.05) is 13.2 Å². The van der Waals surface area contributed by atoms with Crippen LogP contribution in [0, 0.1) is 0 Å². The summed E-state index contributed by atoms with van der Waals surface area (Å²) in [6.07, 6.45) is 8.60. The highest BCUT2D eigenvalue weighted by Crippen LogP contribution is 2.37. The number of hydrogen-bond donors (Lipinski definition) is 1. The van der Waals surface area contributed by atoms with E-state index in [0.717, 1.165) is 19.6 Å². The van der Waals surface area contributed by atoms with E-state index >= 15 is 0 Å². The van der Waals surface area contributed by atoms with Crippen molar-refractivity contribution >= 4 is 27.3 Å². The fourth-order valence-electron chi connectivity index (χ4n) is 3.45. The maximum atomic E-state index is 6.35. The van der Waals surface area contributed by atoms with Crippen molar-refractivity contribution in [2.24, 2.45) is 0 Å². The van der Waals surface area contributed by atoms with E-state index in [1.165, 1.54) is 47.9 Å². The molecule has 0 amide bonds. The number of rotatable bonds is 8. The molecule has 2 rings (SSSR count). The Bertz CT molecular complexity index is 409. The molecule has 1 atom stereocenters. The minimum atomic E-state index is 0.0333. The van der Waals surface area contributed by atoms with Gasteiger partial charge in [-0.05, 0) is 60.1 Å². The van der Waals surface area contributed by atoms with Crippen LogP contribution in [0.1, 0.15) is 57.2 Å². The second-order valence-corrected chi connectivity index (χ2v) is 7.82. The number of nitrogens with one attached hydrogen (secondary N) is 1. The molecule has 1 fully saturated rings. The summed E-state index contributed by atoms with van der Waals surface area (Å²) in [5.74, 6) is 0. The van der Waals surface area contributed by atoms with E-state index in [-0.39, 0.29) is 5.60 Å². The first-order valence-electron chi connectivity index (χ1n) is 8.31. The van der Waals surface area contributed by atoms with Crippen molar-refractivity contribution in [1.29, 1.82) is 0 Å². The van der Waals surface area contributed by atoms with Crippen LogP contribution in [-0.2, 0) is 11.2 Å². The molecule has 1 aliphatic rings. The quantitative estimate of drug-likeness (QED) is 0.679. The predicted molar refractivity (Wildman–Crippen MR) is 95.2 cm³/mol. The minimum Gasteiger partial charge on any atom is -0.374 e. The third kappa shape index (κ3) is 4.54. The molecule has 0 bridgehead atoms. The van der Waals surface area contributed by atoms with E-state index in [4.69, 9.17) is 4.74 Å². The zero-order valence-electron chi connectivity index (χ0n) is 13.3. The van der Waals surface area contributed by atoms with Crippen LogP contribution >= 0.6 is 27.3 Å². The van der Waals surface area contributed by atoms with Crippen LogP contribution < -0.4 is 5.32 Å². The van der Waals surface area contributed by atoms with Gasteiger partial charge < -0.3 is 10.1 Å². The first-order chi connectivity index (χ1) is 10.2. The molecule has 1 aromatic rings. The molecule has 0 spiro atoms. The number of ether oxygens (including phenoxy) is 1. The zero-order chi connectivity index (χ0) is 15.1. The van der Waals surface area contributed by atoms with Crippen LogP contribution in [0.25, 0.3) is 0 Å². The Balaban J connectivity index is 2.17. The summed E-state index contributed by atoms with van der Waals surface area (Å²) in [4.78, 5) is 1.44. The van der Waals surface area contributed by atoms with Gasteiger partial charge in [-0.25, -0.2) is 0 Å². The first kappa shape index (κ1) is 17.5. The fourth-order valence-corrected chi connectivity index (χ4v) is 5.01. The van der Waals surface area contributed by atoms with E-state index in [0.29, 0.717) is 6.04 Å². The van der Waals surface area contributed by atoms with Gasteiger partial charge in [0.25, 0.3) is 0 Å². The zero-order valence-corrected chi connectivity index (χ0v) is 15.7. The Morgan fingerprint density at radius 2 is 2.10 bits per heavy atom. The van der Waals surface area contributed by atoms with Crippen molar-refractivity contribution in [2.45, 2.75) is 70.4 Å². The van der Waals surface area contributed by atoms with E-state index < -0.39 is 0 Å². The van der Waals surface area contributed by atoms with Crippen LogP contribution in [0.2, 0.25) is 0 Å². The van der Waals surface area contributed by atoms with Gasteiger partial charge in [-0.2, -0.15) is 0 Å². The van der Waals surface area contributed by atoms with Crippen molar-refractivity contribution in [3.8, 4) is 0 Å². The first-order valence-corrected chi connectivity index (χ1v) is 9.98. The van der Waals surface area contributed by atoms with Crippen molar-refractivity contribution in [1.82, 2.24) is 5.32 Å². The van der Waals surface area contributed by atoms with Crippen LogP contribution in [0.15, 0.2) is 15.9 Å². The normalized spacial score (nSPS) is 19.6. The Labute approximate surface area is 141 Å². The molecule has 1 saturated carbocycles. The van der Waals surface area contributed by atoms with Crippen LogP contribution in [-0.4, -0.2) is 24.8 Å². The summed E-state index contributed by atoms with van der Waals surface area (Å²) in [5, 5.41) is 5.96. The molecule has 2 nitrogen and oxygen atoms in total. The SMILES string of the molecule is CCCNC(Cc1sccc1Br)C1(OCC)CCCCC1.